The lowest BCUT2D eigenvalue weighted by atomic mass is 9.82. The van der Waals surface area contributed by atoms with Crippen molar-refractivity contribution in [2.45, 2.75) is 77.2 Å². The Morgan fingerprint density at radius 3 is 2.11 bits per heavy atom. The molecule has 0 bridgehead atoms. The molecule has 2 fully saturated rings. The number of alkyl carbamates (subject to hydrolysis) is 2. The number of para-hydroxylation sites is 1. The number of unbranched alkanes of at least 4 members (excludes halogenated alkanes) is 3. The maximum atomic E-state index is 12.6. The highest BCUT2D eigenvalue weighted by Crippen LogP contribution is 2.29. The summed E-state index contributed by atoms with van der Waals surface area (Å²) in [5.41, 5.74) is 0. The molecule has 0 unspecified atom stereocenters. The summed E-state index contributed by atoms with van der Waals surface area (Å²) in [6.45, 7) is 4.76. The lowest BCUT2D eigenvalue weighted by Gasteiger charge is -2.31. The van der Waals surface area contributed by atoms with Crippen LogP contribution in [0.4, 0.5) is 14.4 Å². The zero-order valence-electron chi connectivity index (χ0n) is 25.8. The van der Waals surface area contributed by atoms with Crippen LogP contribution in [0.1, 0.15) is 71.1 Å². The molecule has 0 aromatic heterocycles. The number of piperidine rings is 1. The van der Waals surface area contributed by atoms with Crippen LogP contribution >= 0.6 is 0 Å². The highest BCUT2D eigenvalue weighted by Gasteiger charge is 2.27. The fraction of sp³-hybridized carbons (Fsp3) is 0.559. The highest BCUT2D eigenvalue weighted by molar-refractivity contribution is 5.71. The molecule has 2 aliphatic rings. The predicted molar refractivity (Wildman–Crippen MR) is 167 cm³/mol. The normalized spacial score (nSPS) is 18.6. The summed E-state index contributed by atoms with van der Waals surface area (Å²) in [4.78, 5) is 38.6. The highest BCUT2D eigenvalue weighted by atomic mass is 16.6. The molecule has 2 aromatic rings. The quantitative estimate of drug-likeness (QED) is 0.229. The first-order valence-corrected chi connectivity index (χ1v) is 16.1. The van der Waals surface area contributed by atoms with E-state index in [1.165, 1.54) is 12.8 Å². The van der Waals surface area contributed by atoms with E-state index in [2.05, 4.69) is 17.6 Å². The number of amides is 3. The average Bonchev–Trinajstić information content (AvgIpc) is 3.05. The van der Waals surface area contributed by atoms with Crippen LogP contribution in [0.25, 0.3) is 0 Å². The molecule has 4 rings (SSSR count). The van der Waals surface area contributed by atoms with Crippen molar-refractivity contribution >= 4 is 18.3 Å². The van der Waals surface area contributed by atoms with Crippen LogP contribution in [-0.4, -0.2) is 62.1 Å². The van der Waals surface area contributed by atoms with Gasteiger partial charge in [0.1, 0.15) is 23.4 Å². The van der Waals surface area contributed by atoms with Crippen LogP contribution in [0.15, 0.2) is 54.6 Å². The van der Waals surface area contributed by atoms with Crippen LogP contribution in [0, 0.1) is 11.8 Å². The first kappa shape index (κ1) is 33.0. The summed E-state index contributed by atoms with van der Waals surface area (Å²) < 4.78 is 22.3. The zero-order chi connectivity index (χ0) is 31.0. The van der Waals surface area contributed by atoms with Crippen LogP contribution < -0.4 is 20.1 Å². The van der Waals surface area contributed by atoms with Gasteiger partial charge < -0.3 is 34.5 Å². The molecule has 10 nitrogen and oxygen atoms in total. The van der Waals surface area contributed by atoms with Gasteiger partial charge in [-0.1, -0.05) is 44.4 Å². The Bertz CT molecular complexity index is 1150. The molecule has 1 saturated carbocycles. The van der Waals surface area contributed by atoms with Crippen LogP contribution in [0.2, 0.25) is 0 Å². The molecule has 2 N–H and O–H groups in total. The van der Waals surface area contributed by atoms with E-state index in [0.717, 1.165) is 44.3 Å². The SMILES string of the molecule is CCCCCCNC(=O)OCC1CCC(CNC(=O)OC2CCN(C(=O)Oc3ccc(Oc4ccccc4)cc3)CC2)CC1. The van der Waals surface area contributed by atoms with Gasteiger partial charge in [0.15, 0.2) is 0 Å². The number of nitrogens with zero attached hydrogens (tertiary/aromatic N) is 1. The summed E-state index contributed by atoms with van der Waals surface area (Å²) in [6.07, 6.45) is 8.12. The summed E-state index contributed by atoms with van der Waals surface area (Å²) in [5.74, 6) is 2.58. The summed E-state index contributed by atoms with van der Waals surface area (Å²) in [5, 5.41) is 5.75. The number of ether oxygens (including phenoxy) is 4. The zero-order valence-corrected chi connectivity index (χ0v) is 25.8. The van der Waals surface area contributed by atoms with Crippen molar-refractivity contribution in [3.63, 3.8) is 0 Å². The second-order valence-electron chi connectivity index (χ2n) is 11.7. The minimum atomic E-state index is -0.423. The number of rotatable bonds is 13. The Hall–Kier alpha value is -3.95. The second-order valence-corrected chi connectivity index (χ2v) is 11.7. The van der Waals surface area contributed by atoms with E-state index in [9.17, 15) is 14.4 Å². The summed E-state index contributed by atoms with van der Waals surface area (Å²) in [7, 11) is 0. The van der Waals surface area contributed by atoms with Crippen molar-refractivity contribution in [3.05, 3.63) is 54.6 Å². The first-order valence-electron chi connectivity index (χ1n) is 16.1. The van der Waals surface area contributed by atoms with Crippen molar-refractivity contribution in [2.24, 2.45) is 11.8 Å². The molecular formula is C34H47N3O7. The monoisotopic (exact) mass is 609 g/mol. The standard InChI is InChI=1S/C34H47N3O7/c1-2-3-4-8-21-35-32(38)41-25-27-13-11-26(12-14-27)24-36-33(39)43-31-19-22-37(23-20-31)34(40)44-30-17-15-29(16-18-30)42-28-9-6-5-7-10-28/h5-7,9-10,15-18,26-27,31H,2-4,8,11-14,19-25H2,1H3,(H,35,38)(H,36,39). The van der Waals surface area contributed by atoms with Gasteiger partial charge in [0, 0.05) is 39.0 Å². The number of nitrogens with one attached hydrogen (secondary N) is 2. The van der Waals surface area contributed by atoms with Crippen LogP contribution in [0.5, 0.6) is 17.2 Å². The van der Waals surface area contributed by atoms with Gasteiger partial charge in [0.05, 0.1) is 6.61 Å². The Morgan fingerprint density at radius 2 is 1.41 bits per heavy atom. The lowest BCUT2D eigenvalue weighted by molar-refractivity contribution is 0.0511. The third-order valence-electron chi connectivity index (χ3n) is 8.23. The second kappa shape index (κ2) is 18.0. The van der Waals surface area contributed by atoms with Crippen LogP contribution in [0.3, 0.4) is 0 Å². The number of hydrogen-bond donors (Lipinski definition) is 2. The van der Waals surface area contributed by atoms with E-state index in [-0.39, 0.29) is 12.2 Å². The van der Waals surface area contributed by atoms with Gasteiger partial charge in [-0.2, -0.15) is 0 Å². The largest absolute Gasteiger partial charge is 0.457 e. The smallest absolute Gasteiger partial charge is 0.415 e. The molecule has 1 saturated heterocycles. The Balaban J connectivity index is 1.04. The fourth-order valence-electron chi connectivity index (χ4n) is 5.53. The molecule has 0 radical (unpaired) electrons. The van der Waals surface area contributed by atoms with Gasteiger partial charge in [-0.25, -0.2) is 14.4 Å². The van der Waals surface area contributed by atoms with Crippen molar-refractivity contribution in [2.75, 3.05) is 32.8 Å². The number of carbonyl (C=O) groups is 3. The molecule has 0 atom stereocenters. The van der Waals surface area contributed by atoms with Gasteiger partial charge in [0.2, 0.25) is 0 Å². The molecule has 1 aliphatic heterocycles. The van der Waals surface area contributed by atoms with E-state index >= 15 is 0 Å². The van der Waals surface area contributed by atoms with Crippen molar-refractivity contribution in [3.8, 4) is 17.2 Å². The molecular weight excluding hydrogens is 562 g/mol. The van der Waals surface area contributed by atoms with Crippen molar-refractivity contribution in [1.82, 2.24) is 15.5 Å². The topological polar surface area (TPSA) is 115 Å². The number of benzene rings is 2. The van der Waals surface area contributed by atoms with E-state index in [0.29, 0.717) is 69.0 Å². The summed E-state index contributed by atoms with van der Waals surface area (Å²) in [6, 6.07) is 16.4. The third kappa shape index (κ3) is 11.6. The predicted octanol–water partition coefficient (Wildman–Crippen LogP) is 7.28. The Kier molecular flexibility index (Phi) is 13.5. The fourth-order valence-corrected chi connectivity index (χ4v) is 5.53. The third-order valence-corrected chi connectivity index (χ3v) is 8.23. The number of hydrogen-bond acceptors (Lipinski definition) is 7. The van der Waals surface area contributed by atoms with E-state index < -0.39 is 12.2 Å². The minimum Gasteiger partial charge on any atom is -0.457 e. The Labute approximate surface area is 260 Å². The average molecular weight is 610 g/mol. The summed E-state index contributed by atoms with van der Waals surface area (Å²) >= 11 is 0. The van der Waals surface area contributed by atoms with Gasteiger partial charge >= 0.3 is 18.3 Å². The molecule has 10 heteroatoms. The molecule has 3 amide bonds. The molecule has 0 spiro atoms. The number of carbonyl (C=O) groups excluding carboxylic acids is 3. The first-order chi connectivity index (χ1) is 21.5. The molecule has 240 valence electrons. The van der Waals surface area contributed by atoms with E-state index in [1.807, 2.05) is 30.3 Å². The van der Waals surface area contributed by atoms with Gasteiger partial charge in [-0.3, -0.25) is 0 Å². The molecule has 1 aliphatic carbocycles. The molecule has 44 heavy (non-hydrogen) atoms. The lowest BCUT2D eigenvalue weighted by Crippen LogP contribution is -2.44. The van der Waals surface area contributed by atoms with Gasteiger partial charge in [-0.15, -0.1) is 0 Å². The molecule has 2 aromatic carbocycles. The molecule has 1 heterocycles. The minimum absolute atomic E-state index is 0.237. The maximum Gasteiger partial charge on any atom is 0.415 e. The van der Waals surface area contributed by atoms with Gasteiger partial charge in [0.25, 0.3) is 0 Å². The van der Waals surface area contributed by atoms with Crippen molar-refractivity contribution < 1.29 is 33.3 Å². The van der Waals surface area contributed by atoms with Gasteiger partial charge in [-0.05, 0) is 80.3 Å². The number of likely N-dealkylation sites (tertiary alicyclic amines) is 1. The van der Waals surface area contributed by atoms with Crippen LogP contribution in [-0.2, 0) is 9.47 Å². The maximum absolute atomic E-state index is 12.6. The van der Waals surface area contributed by atoms with Crippen molar-refractivity contribution in [1.29, 1.82) is 0 Å². The van der Waals surface area contributed by atoms with E-state index in [4.69, 9.17) is 18.9 Å². The Morgan fingerprint density at radius 1 is 0.750 bits per heavy atom. The van der Waals surface area contributed by atoms with E-state index in [1.54, 1.807) is 29.2 Å².